The highest BCUT2D eigenvalue weighted by Crippen LogP contribution is 2.22. The van der Waals surface area contributed by atoms with Crippen molar-refractivity contribution in [3.8, 4) is 11.4 Å². The van der Waals surface area contributed by atoms with Crippen molar-refractivity contribution in [3.05, 3.63) is 80.8 Å². The van der Waals surface area contributed by atoms with E-state index in [0.29, 0.717) is 14.3 Å². The number of hydrogen-bond acceptors (Lipinski definition) is 6. The number of aromatic nitrogens is 3. The second-order valence-electron chi connectivity index (χ2n) is 5.60. The molecule has 2 aromatic carbocycles. The largest absolute Gasteiger partial charge is 0.497 e. The number of thiazole rings is 1. The molecule has 0 aliphatic rings. The maximum atomic E-state index is 12.8. The first kappa shape index (κ1) is 17.3. The van der Waals surface area contributed by atoms with Crippen LogP contribution < -0.4 is 10.3 Å². The van der Waals surface area contributed by atoms with E-state index in [1.165, 1.54) is 22.3 Å². The van der Waals surface area contributed by atoms with Crippen molar-refractivity contribution in [3.63, 3.8) is 0 Å². The average molecular weight is 394 g/mol. The first-order chi connectivity index (χ1) is 13.2. The van der Waals surface area contributed by atoms with Crippen molar-refractivity contribution in [2.75, 3.05) is 7.11 Å². The van der Waals surface area contributed by atoms with Gasteiger partial charge in [0.15, 0.2) is 9.60 Å². The van der Waals surface area contributed by atoms with Crippen LogP contribution in [0.3, 0.4) is 0 Å². The predicted molar refractivity (Wildman–Crippen MR) is 110 cm³/mol. The zero-order chi connectivity index (χ0) is 18.8. The van der Waals surface area contributed by atoms with E-state index in [1.54, 1.807) is 17.9 Å². The first-order valence-electron chi connectivity index (χ1n) is 8.04. The lowest BCUT2D eigenvalue weighted by atomic mass is 10.2. The summed E-state index contributed by atoms with van der Waals surface area (Å²) < 4.78 is 9.18. The molecule has 0 aliphatic carbocycles. The second-order valence-corrected chi connectivity index (χ2v) is 7.25. The fourth-order valence-corrected chi connectivity index (χ4v) is 3.91. The van der Waals surface area contributed by atoms with E-state index in [1.807, 2.05) is 54.6 Å². The lowest BCUT2D eigenvalue weighted by molar-refractivity contribution is 0.415. The van der Waals surface area contributed by atoms with E-state index in [-0.39, 0.29) is 5.56 Å². The molecule has 0 amide bonds. The summed E-state index contributed by atoms with van der Waals surface area (Å²) in [5.41, 5.74) is 2.00. The van der Waals surface area contributed by atoms with Crippen molar-refractivity contribution < 1.29 is 4.74 Å². The summed E-state index contributed by atoms with van der Waals surface area (Å²) in [7, 11) is 1.61. The molecule has 0 saturated heterocycles. The van der Waals surface area contributed by atoms with Crippen LogP contribution >= 0.6 is 23.6 Å². The molecule has 0 spiro atoms. The van der Waals surface area contributed by atoms with Crippen LogP contribution in [0.5, 0.6) is 5.75 Å². The van der Waals surface area contributed by atoms with E-state index in [9.17, 15) is 4.79 Å². The van der Waals surface area contributed by atoms with Crippen LogP contribution in [-0.2, 0) is 0 Å². The number of nitrogens with zero attached hydrogens (tertiary/aromatic N) is 4. The average Bonchev–Trinajstić information content (AvgIpc) is 3.05. The van der Waals surface area contributed by atoms with Gasteiger partial charge in [0.2, 0.25) is 0 Å². The molecule has 0 atom stereocenters. The lowest BCUT2D eigenvalue weighted by Crippen LogP contribution is -2.16. The van der Waals surface area contributed by atoms with Crippen molar-refractivity contribution in [2.24, 2.45) is 5.10 Å². The molecule has 8 heteroatoms. The third-order valence-electron chi connectivity index (χ3n) is 3.94. The monoisotopic (exact) mass is 394 g/mol. The SMILES string of the molecule is COc1ccc(/C=N\n2cnc3c(sc(=S)n3-c3ccccc3)c2=O)cc1. The van der Waals surface area contributed by atoms with Crippen molar-refractivity contribution >= 4 is 40.1 Å². The van der Waals surface area contributed by atoms with Crippen LogP contribution in [0.15, 0.2) is 70.8 Å². The fourth-order valence-electron chi connectivity index (χ4n) is 2.59. The minimum absolute atomic E-state index is 0.254. The van der Waals surface area contributed by atoms with Crippen LogP contribution in [-0.4, -0.2) is 27.6 Å². The summed E-state index contributed by atoms with van der Waals surface area (Å²) in [5, 5.41) is 4.23. The minimum Gasteiger partial charge on any atom is -0.497 e. The van der Waals surface area contributed by atoms with E-state index >= 15 is 0 Å². The number of para-hydroxylation sites is 1. The molecule has 0 aliphatic heterocycles. The zero-order valence-electron chi connectivity index (χ0n) is 14.3. The van der Waals surface area contributed by atoms with Gasteiger partial charge in [-0.3, -0.25) is 9.36 Å². The van der Waals surface area contributed by atoms with Gasteiger partial charge in [-0.2, -0.15) is 9.78 Å². The van der Waals surface area contributed by atoms with Gasteiger partial charge in [0.1, 0.15) is 16.8 Å². The van der Waals surface area contributed by atoms with Crippen LogP contribution in [0.4, 0.5) is 0 Å². The van der Waals surface area contributed by atoms with Gasteiger partial charge in [-0.25, -0.2) is 4.98 Å². The molecule has 2 heterocycles. The molecule has 0 unspecified atom stereocenters. The summed E-state index contributed by atoms with van der Waals surface area (Å²) in [6.07, 6.45) is 3.01. The molecule has 0 bridgehead atoms. The van der Waals surface area contributed by atoms with Crippen molar-refractivity contribution in [1.29, 1.82) is 0 Å². The summed E-state index contributed by atoms with van der Waals surface area (Å²) in [6, 6.07) is 17.0. The van der Waals surface area contributed by atoms with Gasteiger partial charge in [0, 0.05) is 5.69 Å². The first-order valence-corrected chi connectivity index (χ1v) is 9.27. The Balaban J connectivity index is 1.76. The fraction of sp³-hybridized carbons (Fsp3) is 0.0526. The van der Waals surface area contributed by atoms with Gasteiger partial charge in [0.25, 0.3) is 5.56 Å². The molecule has 0 N–H and O–H groups in total. The molecule has 4 aromatic rings. The Morgan fingerprint density at radius 3 is 2.59 bits per heavy atom. The van der Waals surface area contributed by atoms with Gasteiger partial charge >= 0.3 is 0 Å². The number of rotatable bonds is 4. The molecular formula is C19H14N4O2S2. The standard InChI is InChI=1S/C19H14N4O2S2/c1-25-15-9-7-13(8-10-15)11-21-22-12-20-17-16(18(22)24)27-19(26)23(17)14-5-3-2-4-6-14/h2-12H,1H3/b21-11-. The summed E-state index contributed by atoms with van der Waals surface area (Å²) in [5.74, 6) is 0.759. The molecule has 0 saturated carbocycles. The molecule has 0 radical (unpaired) electrons. The number of methoxy groups -OCH3 is 1. The highest BCUT2D eigenvalue weighted by molar-refractivity contribution is 7.73. The Kier molecular flexibility index (Phi) is 4.66. The maximum absolute atomic E-state index is 12.8. The van der Waals surface area contributed by atoms with Gasteiger partial charge in [-0.1, -0.05) is 29.5 Å². The van der Waals surface area contributed by atoms with Gasteiger partial charge in [0.05, 0.1) is 13.3 Å². The van der Waals surface area contributed by atoms with Gasteiger partial charge < -0.3 is 4.74 Å². The minimum atomic E-state index is -0.254. The van der Waals surface area contributed by atoms with Crippen molar-refractivity contribution in [1.82, 2.24) is 14.2 Å². The number of hydrogen-bond donors (Lipinski definition) is 0. The van der Waals surface area contributed by atoms with Gasteiger partial charge in [-0.15, -0.1) is 0 Å². The van der Waals surface area contributed by atoms with Crippen LogP contribution in [0.1, 0.15) is 5.56 Å². The van der Waals surface area contributed by atoms with Crippen LogP contribution in [0.25, 0.3) is 16.0 Å². The lowest BCUT2D eigenvalue weighted by Gasteiger charge is -2.04. The van der Waals surface area contributed by atoms with Crippen molar-refractivity contribution in [2.45, 2.75) is 0 Å². The summed E-state index contributed by atoms with van der Waals surface area (Å²) in [4.78, 5) is 17.2. The molecule has 134 valence electrons. The van der Waals surface area contributed by atoms with E-state index in [0.717, 1.165) is 17.0 Å². The van der Waals surface area contributed by atoms with Crippen LogP contribution in [0.2, 0.25) is 0 Å². The third-order valence-corrected chi connectivity index (χ3v) is 5.29. The highest BCUT2D eigenvalue weighted by Gasteiger charge is 2.13. The Labute approximate surface area is 163 Å². The highest BCUT2D eigenvalue weighted by atomic mass is 32.1. The molecule has 0 fully saturated rings. The summed E-state index contributed by atoms with van der Waals surface area (Å²) in [6.45, 7) is 0. The quantitative estimate of drug-likeness (QED) is 0.389. The smallest absolute Gasteiger partial charge is 0.293 e. The van der Waals surface area contributed by atoms with E-state index in [2.05, 4.69) is 10.1 Å². The summed E-state index contributed by atoms with van der Waals surface area (Å²) >= 11 is 6.68. The molecular weight excluding hydrogens is 380 g/mol. The maximum Gasteiger partial charge on any atom is 0.293 e. The number of fused-ring (bicyclic) bond motifs is 1. The Bertz CT molecular complexity index is 1240. The van der Waals surface area contributed by atoms with Crippen LogP contribution in [0, 0.1) is 3.95 Å². The second kappa shape index (κ2) is 7.26. The normalized spacial score (nSPS) is 11.3. The Morgan fingerprint density at radius 2 is 1.89 bits per heavy atom. The van der Waals surface area contributed by atoms with E-state index in [4.69, 9.17) is 17.0 Å². The molecule has 27 heavy (non-hydrogen) atoms. The predicted octanol–water partition coefficient (Wildman–Crippen LogP) is 3.87. The number of ether oxygens (including phenoxy) is 1. The molecule has 2 aromatic heterocycles. The molecule has 4 rings (SSSR count). The number of benzene rings is 2. The van der Waals surface area contributed by atoms with Gasteiger partial charge in [-0.05, 0) is 54.2 Å². The van der Waals surface area contributed by atoms with E-state index < -0.39 is 0 Å². The Hall–Kier alpha value is -3.10. The third kappa shape index (κ3) is 3.32. The zero-order valence-corrected chi connectivity index (χ0v) is 15.9. The Morgan fingerprint density at radius 1 is 1.15 bits per heavy atom. The topological polar surface area (TPSA) is 61.4 Å². The molecule has 6 nitrogen and oxygen atoms in total.